The van der Waals surface area contributed by atoms with Crippen molar-refractivity contribution < 1.29 is 18.7 Å². The van der Waals surface area contributed by atoms with Gasteiger partial charge in [0.15, 0.2) is 0 Å². The lowest BCUT2D eigenvalue weighted by atomic mass is 9.96. The molecule has 1 aromatic rings. The third-order valence-electron chi connectivity index (χ3n) is 4.77. The van der Waals surface area contributed by atoms with E-state index in [0.29, 0.717) is 45.0 Å². The molecule has 3 rings (SSSR count). The molecule has 0 saturated carbocycles. The first kappa shape index (κ1) is 17.7. The maximum Gasteiger partial charge on any atom is 0.317 e. The smallest absolute Gasteiger partial charge is 0.317 e. The third-order valence-corrected chi connectivity index (χ3v) is 4.77. The van der Waals surface area contributed by atoms with E-state index in [0.717, 1.165) is 12.8 Å². The Morgan fingerprint density at radius 3 is 2.68 bits per heavy atom. The van der Waals surface area contributed by atoms with Crippen LogP contribution in [-0.4, -0.2) is 61.1 Å². The minimum atomic E-state index is -0.332. The number of amides is 3. The molecule has 2 aliphatic rings. The first-order valence-electron chi connectivity index (χ1n) is 8.78. The topological polar surface area (TPSA) is 61.9 Å². The summed E-state index contributed by atoms with van der Waals surface area (Å²) in [7, 11) is 0. The highest BCUT2D eigenvalue weighted by Gasteiger charge is 2.31. The van der Waals surface area contributed by atoms with Crippen LogP contribution >= 0.6 is 0 Å². The van der Waals surface area contributed by atoms with Gasteiger partial charge in [0.1, 0.15) is 5.82 Å². The zero-order valence-corrected chi connectivity index (χ0v) is 14.2. The number of ether oxygens (including phenoxy) is 1. The minimum Gasteiger partial charge on any atom is -0.378 e. The molecule has 1 unspecified atom stereocenters. The van der Waals surface area contributed by atoms with Gasteiger partial charge in [0.05, 0.1) is 19.1 Å². The van der Waals surface area contributed by atoms with Gasteiger partial charge < -0.3 is 19.9 Å². The van der Waals surface area contributed by atoms with Gasteiger partial charge in [0.2, 0.25) is 5.91 Å². The average molecular weight is 349 g/mol. The Kier molecular flexibility index (Phi) is 5.86. The summed E-state index contributed by atoms with van der Waals surface area (Å²) in [5, 5.41) is 2.75. The molecule has 1 atom stereocenters. The molecule has 1 N–H and O–H groups in total. The lowest BCUT2D eigenvalue weighted by molar-refractivity contribution is -0.141. The quantitative estimate of drug-likeness (QED) is 0.902. The summed E-state index contributed by atoms with van der Waals surface area (Å²) in [6.45, 7) is 3.57. The number of likely N-dealkylation sites (tertiary alicyclic amines) is 1. The van der Waals surface area contributed by atoms with Crippen molar-refractivity contribution >= 4 is 11.9 Å². The fraction of sp³-hybridized carbons (Fsp3) is 0.556. The first-order valence-corrected chi connectivity index (χ1v) is 8.78. The van der Waals surface area contributed by atoms with Gasteiger partial charge >= 0.3 is 6.03 Å². The van der Waals surface area contributed by atoms with Crippen molar-refractivity contribution in [2.24, 2.45) is 5.92 Å². The number of benzene rings is 1. The molecule has 2 saturated heterocycles. The van der Waals surface area contributed by atoms with Crippen LogP contribution < -0.4 is 5.32 Å². The molecule has 0 spiro atoms. The SMILES string of the molecule is O=C(NCc1ccccc1F)N1CCCC(C(=O)N2CCOCC2)C1. The van der Waals surface area contributed by atoms with Gasteiger partial charge in [-0.15, -0.1) is 0 Å². The highest BCUT2D eigenvalue weighted by Crippen LogP contribution is 2.20. The molecule has 0 aromatic heterocycles. The van der Waals surface area contributed by atoms with E-state index >= 15 is 0 Å². The number of nitrogens with zero attached hydrogens (tertiary/aromatic N) is 2. The lowest BCUT2D eigenvalue weighted by Crippen LogP contribution is -2.51. The van der Waals surface area contributed by atoms with Crippen molar-refractivity contribution in [3.05, 3.63) is 35.6 Å². The van der Waals surface area contributed by atoms with E-state index in [-0.39, 0.29) is 30.2 Å². The normalized spacial score (nSPS) is 21.1. The van der Waals surface area contributed by atoms with Crippen LogP contribution in [-0.2, 0) is 16.1 Å². The predicted molar refractivity (Wildman–Crippen MR) is 90.3 cm³/mol. The molecule has 0 radical (unpaired) electrons. The Hall–Kier alpha value is -2.15. The Morgan fingerprint density at radius 1 is 1.16 bits per heavy atom. The van der Waals surface area contributed by atoms with E-state index < -0.39 is 0 Å². The van der Waals surface area contributed by atoms with Crippen LogP contribution in [0.15, 0.2) is 24.3 Å². The summed E-state index contributed by atoms with van der Waals surface area (Å²) in [5.74, 6) is -0.386. The van der Waals surface area contributed by atoms with Crippen molar-refractivity contribution in [1.82, 2.24) is 15.1 Å². The van der Waals surface area contributed by atoms with E-state index in [1.807, 2.05) is 4.90 Å². The summed E-state index contributed by atoms with van der Waals surface area (Å²) < 4.78 is 18.9. The number of rotatable bonds is 3. The molecule has 7 heteroatoms. The van der Waals surface area contributed by atoms with Crippen molar-refractivity contribution in [2.45, 2.75) is 19.4 Å². The minimum absolute atomic E-state index is 0.106. The van der Waals surface area contributed by atoms with Gasteiger partial charge in [-0.2, -0.15) is 0 Å². The largest absolute Gasteiger partial charge is 0.378 e. The number of halogens is 1. The fourth-order valence-corrected chi connectivity index (χ4v) is 3.33. The molecule has 136 valence electrons. The first-order chi connectivity index (χ1) is 12.1. The van der Waals surface area contributed by atoms with Crippen molar-refractivity contribution in [2.75, 3.05) is 39.4 Å². The van der Waals surface area contributed by atoms with Gasteiger partial charge in [0, 0.05) is 38.3 Å². The lowest BCUT2D eigenvalue weighted by Gasteiger charge is -2.36. The van der Waals surface area contributed by atoms with E-state index in [1.165, 1.54) is 6.07 Å². The van der Waals surface area contributed by atoms with Crippen LogP contribution in [0.5, 0.6) is 0 Å². The number of carbonyl (C=O) groups is 2. The number of nitrogens with one attached hydrogen (secondary N) is 1. The fourth-order valence-electron chi connectivity index (χ4n) is 3.33. The predicted octanol–water partition coefficient (Wildman–Crippen LogP) is 1.61. The molecule has 2 aliphatic heterocycles. The summed E-state index contributed by atoms with van der Waals surface area (Å²) in [6.07, 6.45) is 1.60. The number of piperidine rings is 1. The zero-order chi connectivity index (χ0) is 17.6. The summed E-state index contributed by atoms with van der Waals surface area (Å²) in [6, 6.07) is 6.13. The standard InChI is InChI=1S/C18H24FN3O3/c19-16-6-2-1-4-14(16)12-20-18(24)22-7-3-5-15(13-22)17(23)21-8-10-25-11-9-21/h1-2,4,6,15H,3,5,7-13H2,(H,20,24). The van der Waals surface area contributed by atoms with Crippen LogP contribution in [0.25, 0.3) is 0 Å². The van der Waals surface area contributed by atoms with Crippen molar-refractivity contribution in [3.8, 4) is 0 Å². The summed E-state index contributed by atoms with van der Waals surface area (Å²) >= 11 is 0. The number of morpholine rings is 1. The average Bonchev–Trinajstić information content (AvgIpc) is 2.67. The van der Waals surface area contributed by atoms with Gasteiger partial charge in [-0.05, 0) is 18.9 Å². The van der Waals surface area contributed by atoms with Crippen LogP contribution in [0, 0.1) is 11.7 Å². The van der Waals surface area contributed by atoms with Gasteiger partial charge in [-0.25, -0.2) is 9.18 Å². The maximum absolute atomic E-state index is 13.6. The van der Waals surface area contributed by atoms with Crippen molar-refractivity contribution in [1.29, 1.82) is 0 Å². The van der Waals surface area contributed by atoms with Crippen LogP contribution in [0.4, 0.5) is 9.18 Å². The molecule has 1 aromatic carbocycles. The summed E-state index contributed by atoms with van der Waals surface area (Å²) in [5.41, 5.74) is 0.453. The second-order valence-electron chi connectivity index (χ2n) is 6.47. The van der Waals surface area contributed by atoms with Crippen LogP contribution in [0.2, 0.25) is 0 Å². The highest BCUT2D eigenvalue weighted by atomic mass is 19.1. The Balaban J connectivity index is 1.52. The molecule has 6 nitrogen and oxygen atoms in total. The zero-order valence-electron chi connectivity index (χ0n) is 14.2. The second-order valence-corrected chi connectivity index (χ2v) is 6.47. The highest BCUT2D eigenvalue weighted by molar-refractivity contribution is 5.81. The molecular formula is C18H24FN3O3. The Labute approximate surface area is 146 Å². The van der Waals surface area contributed by atoms with E-state index in [1.54, 1.807) is 23.1 Å². The molecular weight excluding hydrogens is 325 g/mol. The number of urea groups is 1. The number of hydrogen-bond acceptors (Lipinski definition) is 3. The van der Waals surface area contributed by atoms with Gasteiger partial charge in [0.25, 0.3) is 0 Å². The molecule has 0 bridgehead atoms. The monoisotopic (exact) mass is 349 g/mol. The molecule has 0 aliphatic carbocycles. The van der Waals surface area contributed by atoms with E-state index in [4.69, 9.17) is 4.74 Å². The molecule has 2 heterocycles. The molecule has 2 fully saturated rings. The molecule has 3 amide bonds. The van der Waals surface area contributed by atoms with Crippen molar-refractivity contribution in [3.63, 3.8) is 0 Å². The Bertz CT molecular complexity index is 619. The maximum atomic E-state index is 13.6. The van der Waals surface area contributed by atoms with Crippen LogP contribution in [0.1, 0.15) is 18.4 Å². The van der Waals surface area contributed by atoms with Gasteiger partial charge in [-0.3, -0.25) is 4.79 Å². The number of carbonyl (C=O) groups excluding carboxylic acids is 2. The molecule has 25 heavy (non-hydrogen) atoms. The number of hydrogen-bond donors (Lipinski definition) is 1. The van der Waals surface area contributed by atoms with E-state index in [2.05, 4.69) is 5.32 Å². The van der Waals surface area contributed by atoms with Gasteiger partial charge in [-0.1, -0.05) is 18.2 Å². The van der Waals surface area contributed by atoms with E-state index in [9.17, 15) is 14.0 Å². The van der Waals surface area contributed by atoms with Crippen LogP contribution in [0.3, 0.4) is 0 Å². The Morgan fingerprint density at radius 2 is 1.92 bits per heavy atom. The second kappa shape index (κ2) is 8.29. The summed E-state index contributed by atoms with van der Waals surface area (Å²) in [4.78, 5) is 28.5. The third kappa shape index (κ3) is 4.48.